The van der Waals surface area contributed by atoms with Crippen LogP contribution in [-0.4, -0.2) is 42.0 Å². The highest BCUT2D eigenvalue weighted by molar-refractivity contribution is 5.94. The number of rotatable bonds is 2. The van der Waals surface area contributed by atoms with Crippen molar-refractivity contribution in [2.24, 2.45) is 11.8 Å². The van der Waals surface area contributed by atoms with Crippen LogP contribution in [0.3, 0.4) is 0 Å². The molecule has 19 heavy (non-hydrogen) atoms. The van der Waals surface area contributed by atoms with Crippen LogP contribution in [0.2, 0.25) is 0 Å². The van der Waals surface area contributed by atoms with Gasteiger partial charge in [0.1, 0.15) is 0 Å². The first-order valence-electron chi connectivity index (χ1n) is 6.40. The maximum Gasteiger partial charge on any atom is 0.309 e. The van der Waals surface area contributed by atoms with Crippen molar-refractivity contribution in [1.29, 1.82) is 0 Å². The van der Waals surface area contributed by atoms with Gasteiger partial charge in [-0.05, 0) is 24.5 Å². The summed E-state index contributed by atoms with van der Waals surface area (Å²) in [6.07, 6.45) is 3.88. The van der Waals surface area contributed by atoms with Gasteiger partial charge in [0.25, 0.3) is 5.91 Å². The number of hydrogen-bond acceptors (Lipinski definition) is 4. The zero-order valence-corrected chi connectivity index (χ0v) is 11.2. The number of carbonyl (C=O) groups excluding carboxylic acids is 2. The third-order valence-electron chi connectivity index (χ3n) is 3.62. The molecule has 0 radical (unpaired) electrons. The second kappa shape index (κ2) is 5.82. The van der Waals surface area contributed by atoms with Gasteiger partial charge in [-0.1, -0.05) is 6.92 Å². The molecule has 0 bridgehead atoms. The van der Waals surface area contributed by atoms with Crippen molar-refractivity contribution in [3.8, 4) is 0 Å². The summed E-state index contributed by atoms with van der Waals surface area (Å²) in [5.74, 6) is -0.167. The standard InChI is InChI=1S/C14H18N2O3/c1-10-9-16(8-5-12(10)14(18)19-2)13(17)11-3-6-15-7-4-11/h3-4,6-7,10,12H,5,8-9H2,1-2H3. The molecule has 1 amide bonds. The Balaban J connectivity index is 2.02. The van der Waals surface area contributed by atoms with Gasteiger partial charge in [0.2, 0.25) is 0 Å². The average molecular weight is 262 g/mol. The molecule has 5 nitrogen and oxygen atoms in total. The summed E-state index contributed by atoms with van der Waals surface area (Å²) >= 11 is 0. The van der Waals surface area contributed by atoms with E-state index in [0.29, 0.717) is 25.1 Å². The van der Waals surface area contributed by atoms with Crippen molar-refractivity contribution >= 4 is 11.9 Å². The third kappa shape index (κ3) is 2.92. The van der Waals surface area contributed by atoms with Crippen LogP contribution in [0.4, 0.5) is 0 Å². The lowest BCUT2D eigenvalue weighted by Gasteiger charge is -2.35. The predicted octanol–water partition coefficient (Wildman–Crippen LogP) is 1.35. The summed E-state index contributed by atoms with van der Waals surface area (Å²) < 4.78 is 4.79. The van der Waals surface area contributed by atoms with Crippen LogP contribution >= 0.6 is 0 Å². The minimum atomic E-state index is -0.177. The van der Waals surface area contributed by atoms with Crippen LogP contribution in [0, 0.1) is 11.8 Å². The van der Waals surface area contributed by atoms with Gasteiger partial charge in [-0.15, -0.1) is 0 Å². The monoisotopic (exact) mass is 262 g/mol. The number of likely N-dealkylation sites (tertiary alicyclic amines) is 1. The van der Waals surface area contributed by atoms with Crippen molar-refractivity contribution in [2.75, 3.05) is 20.2 Å². The van der Waals surface area contributed by atoms with Gasteiger partial charge >= 0.3 is 5.97 Å². The van der Waals surface area contributed by atoms with Gasteiger partial charge in [0, 0.05) is 31.0 Å². The minimum Gasteiger partial charge on any atom is -0.469 e. The molecule has 102 valence electrons. The lowest BCUT2D eigenvalue weighted by Crippen LogP contribution is -2.45. The predicted molar refractivity (Wildman–Crippen MR) is 69.4 cm³/mol. The summed E-state index contributed by atoms with van der Waals surface area (Å²) in [7, 11) is 1.41. The Kier molecular flexibility index (Phi) is 4.14. The molecule has 1 aromatic rings. The van der Waals surface area contributed by atoms with E-state index in [2.05, 4.69) is 4.98 Å². The average Bonchev–Trinajstić information content (AvgIpc) is 2.46. The Morgan fingerprint density at radius 2 is 2.05 bits per heavy atom. The van der Waals surface area contributed by atoms with Crippen LogP contribution in [0.1, 0.15) is 23.7 Å². The smallest absolute Gasteiger partial charge is 0.309 e. The van der Waals surface area contributed by atoms with Gasteiger partial charge in [0.15, 0.2) is 0 Å². The fourth-order valence-electron chi connectivity index (χ4n) is 2.51. The Hall–Kier alpha value is -1.91. The van der Waals surface area contributed by atoms with Gasteiger partial charge in [-0.25, -0.2) is 0 Å². The molecule has 5 heteroatoms. The molecular formula is C14H18N2O3. The molecular weight excluding hydrogens is 244 g/mol. The third-order valence-corrected chi connectivity index (χ3v) is 3.62. The van der Waals surface area contributed by atoms with Crippen LogP contribution in [-0.2, 0) is 9.53 Å². The number of ether oxygens (including phenoxy) is 1. The second-order valence-corrected chi connectivity index (χ2v) is 4.88. The van der Waals surface area contributed by atoms with E-state index < -0.39 is 0 Å². The number of piperidine rings is 1. The van der Waals surface area contributed by atoms with E-state index in [0.717, 1.165) is 0 Å². The number of carbonyl (C=O) groups is 2. The van der Waals surface area contributed by atoms with E-state index in [4.69, 9.17) is 4.74 Å². The van der Waals surface area contributed by atoms with Crippen LogP contribution < -0.4 is 0 Å². The zero-order chi connectivity index (χ0) is 13.8. The fraction of sp³-hybridized carbons (Fsp3) is 0.500. The summed E-state index contributed by atoms with van der Waals surface area (Å²) in [5.41, 5.74) is 0.638. The Morgan fingerprint density at radius 1 is 1.37 bits per heavy atom. The molecule has 0 N–H and O–H groups in total. The van der Waals surface area contributed by atoms with Crippen molar-refractivity contribution in [3.63, 3.8) is 0 Å². The summed E-state index contributed by atoms with van der Waals surface area (Å²) in [4.78, 5) is 29.6. The van der Waals surface area contributed by atoms with Gasteiger partial charge < -0.3 is 9.64 Å². The molecule has 0 aliphatic carbocycles. The number of amides is 1. The fourth-order valence-corrected chi connectivity index (χ4v) is 2.51. The van der Waals surface area contributed by atoms with Crippen molar-refractivity contribution in [3.05, 3.63) is 30.1 Å². The maximum absolute atomic E-state index is 12.3. The number of nitrogens with zero attached hydrogens (tertiary/aromatic N) is 2. The van der Waals surface area contributed by atoms with E-state index in [1.165, 1.54) is 7.11 Å². The van der Waals surface area contributed by atoms with Crippen LogP contribution in [0.5, 0.6) is 0 Å². The molecule has 1 aromatic heterocycles. The topological polar surface area (TPSA) is 59.5 Å². The van der Waals surface area contributed by atoms with Crippen LogP contribution in [0.25, 0.3) is 0 Å². The van der Waals surface area contributed by atoms with Crippen molar-refractivity contribution in [2.45, 2.75) is 13.3 Å². The molecule has 2 unspecified atom stereocenters. The Labute approximate surface area is 112 Å². The summed E-state index contributed by atoms with van der Waals surface area (Å²) in [6.45, 7) is 3.15. The number of pyridine rings is 1. The first-order chi connectivity index (χ1) is 9.13. The largest absolute Gasteiger partial charge is 0.469 e. The van der Waals surface area contributed by atoms with E-state index in [-0.39, 0.29) is 23.7 Å². The highest BCUT2D eigenvalue weighted by atomic mass is 16.5. The lowest BCUT2D eigenvalue weighted by molar-refractivity contribution is -0.148. The van der Waals surface area contributed by atoms with Gasteiger partial charge in [-0.3, -0.25) is 14.6 Å². The molecule has 0 spiro atoms. The number of hydrogen-bond donors (Lipinski definition) is 0. The van der Waals surface area contributed by atoms with E-state index in [1.54, 1.807) is 29.4 Å². The molecule has 1 fully saturated rings. The summed E-state index contributed by atoms with van der Waals surface area (Å²) in [5, 5.41) is 0. The highest BCUT2D eigenvalue weighted by Crippen LogP contribution is 2.25. The van der Waals surface area contributed by atoms with Crippen LogP contribution in [0.15, 0.2) is 24.5 Å². The van der Waals surface area contributed by atoms with Gasteiger partial charge in [-0.2, -0.15) is 0 Å². The first-order valence-corrected chi connectivity index (χ1v) is 6.40. The molecule has 0 saturated carbocycles. The SMILES string of the molecule is COC(=O)C1CCN(C(=O)c2ccncc2)CC1C. The van der Waals surface area contributed by atoms with Crippen molar-refractivity contribution in [1.82, 2.24) is 9.88 Å². The molecule has 1 aliphatic heterocycles. The lowest BCUT2D eigenvalue weighted by atomic mass is 9.86. The molecule has 2 heterocycles. The number of esters is 1. The zero-order valence-electron chi connectivity index (χ0n) is 11.2. The van der Waals surface area contributed by atoms with E-state index in [9.17, 15) is 9.59 Å². The molecule has 1 saturated heterocycles. The van der Waals surface area contributed by atoms with Crippen molar-refractivity contribution < 1.29 is 14.3 Å². The molecule has 2 atom stereocenters. The maximum atomic E-state index is 12.3. The quantitative estimate of drug-likeness (QED) is 0.755. The molecule has 2 rings (SSSR count). The number of methoxy groups -OCH3 is 1. The van der Waals surface area contributed by atoms with E-state index in [1.807, 2.05) is 6.92 Å². The summed E-state index contributed by atoms with van der Waals surface area (Å²) in [6, 6.07) is 3.42. The normalized spacial score (nSPS) is 22.9. The highest BCUT2D eigenvalue weighted by Gasteiger charge is 2.33. The number of aromatic nitrogens is 1. The second-order valence-electron chi connectivity index (χ2n) is 4.88. The minimum absolute atomic E-state index is 0.00225. The molecule has 0 aromatic carbocycles. The Bertz CT molecular complexity index is 461. The van der Waals surface area contributed by atoms with Gasteiger partial charge in [0.05, 0.1) is 13.0 Å². The Morgan fingerprint density at radius 3 is 2.63 bits per heavy atom. The molecule has 1 aliphatic rings. The van der Waals surface area contributed by atoms with E-state index >= 15 is 0 Å². The first kappa shape index (κ1) is 13.5.